The lowest BCUT2D eigenvalue weighted by Gasteiger charge is -2.23. The van der Waals surface area contributed by atoms with Gasteiger partial charge in [0.2, 0.25) is 0 Å². The van der Waals surface area contributed by atoms with Gasteiger partial charge in [0.1, 0.15) is 0 Å². The lowest BCUT2D eigenvalue weighted by atomic mass is 10.3. The van der Waals surface area contributed by atoms with E-state index in [0.29, 0.717) is 6.54 Å². The molecule has 1 unspecified atom stereocenters. The summed E-state index contributed by atoms with van der Waals surface area (Å²) in [4.78, 5) is 2.22. The van der Waals surface area contributed by atoms with Gasteiger partial charge >= 0.3 is 0 Å². The van der Waals surface area contributed by atoms with Gasteiger partial charge in [-0.1, -0.05) is 13.8 Å². The van der Waals surface area contributed by atoms with Crippen LogP contribution in [0.25, 0.3) is 0 Å². The Morgan fingerprint density at radius 3 is 2.62 bits per heavy atom. The maximum absolute atomic E-state index is 9.79. The molecule has 0 radical (unpaired) electrons. The first kappa shape index (κ1) is 15.8. The van der Waals surface area contributed by atoms with E-state index in [1.165, 1.54) is 0 Å². The Bertz CT molecular complexity index is 145. The average molecular weight is 232 g/mol. The third-order valence-corrected chi connectivity index (χ3v) is 2.48. The molecule has 0 heterocycles. The number of nitrogens with one attached hydrogen (secondary N) is 1. The molecule has 0 spiro atoms. The first-order chi connectivity index (χ1) is 7.74. The third-order valence-electron chi connectivity index (χ3n) is 2.48. The zero-order valence-electron chi connectivity index (χ0n) is 11.0. The van der Waals surface area contributed by atoms with Crippen molar-refractivity contribution in [3.63, 3.8) is 0 Å². The van der Waals surface area contributed by atoms with Crippen LogP contribution in [0.5, 0.6) is 0 Å². The van der Waals surface area contributed by atoms with E-state index in [2.05, 4.69) is 24.1 Å². The van der Waals surface area contributed by atoms with E-state index >= 15 is 0 Å². The van der Waals surface area contributed by atoms with Gasteiger partial charge in [0.15, 0.2) is 0 Å². The molecule has 0 aromatic carbocycles. The monoisotopic (exact) mass is 232 g/mol. The van der Waals surface area contributed by atoms with Crippen molar-refractivity contribution in [3.05, 3.63) is 0 Å². The summed E-state index contributed by atoms with van der Waals surface area (Å²) in [6.45, 7) is 12.0. The van der Waals surface area contributed by atoms with Gasteiger partial charge in [-0.3, -0.25) is 4.90 Å². The van der Waals surface area contributed by atoms with Crippen molar-refractivity contribution < 1.29 is 9.84 Å². The molecule has 98 valence electrons. The second-order valence-corrected chi connectivity index (χ2v) is 3.95. The van der Waals surface area contributed by atoms with Crippen molar-refractivity contribution >= 4 is 0 Å². The van der Waals surface area contributed by atoms with Crippen LogP contribution in [0, 0.1) is 0 Å². The van der Waals surface area contributed by atoms with Crippen LogP contribution in [-0.2, 0) is 4.74 Å². The normalized spacial score (nSPS) is 13.3. The first-order valence-electron chi connectivity index (χ1n) is 6.43. The van der Waals surface area contributed by atoms with Gasteiger partial charge in [-0.15, -0.1) is 0 Å². The number of hydrogen-bond acceptors (Lipinski definition) is 4. The molecule has 0 aromatic rings. The summed E-state index contributed by atoms with van der Waals surface area (Å²) in [7, 11) is 0. The maximum Gasteiger partial charge on any atom is 0.0791 e. The van der Waals surface area contributed by atoms with Gasteiger partial charge < -0.3 is 15.2 Å². The second kappa shape index (κ2) is 11.3. The minimum atomic E-state index is -0.284. The van der Waals surface area contributed by atoms with Gasteiger partial charge in [-0.25, -0.2) is 0 Å². The fraction of sp³-hybridized carbons (Fsp3) is 1.00. The Morgan fingerprint density at radius 2 is 2.06 bits per heavy atom. The second-order valence-electron chi connectivity index (χ2n) is 3.95. The number of aliphatic hydroxyl groups is 1. The quantitative estimate of drug-likeness (QED) is 0.515. The van der Waals surface area contributed by atoms with Gasteiger partial charge in [0.05, 0.1) is 12.7 Å². The van der Waals surface area contributed by atoms with Gasteiger partial charge in [-0.2, -0.15) is 0 Å². The van der Waals surface area contributed by atoms with Crippen molar-refractivity contribution in [2.75, 3.05) is 45.9 Å². The fourth-order valence-corrected chi connectivity index (χ4v) is 1.52. The molecule has 0 amide bonds. The number of likely N-dealkylation sites (N-methyl/N-ethyl adjacent to an activating group) is 1. The molecule has 1 atom stereocenters. The summed E-state index contributed by atoms with van der Waals surface area (Å²) in [5, 5.41) is 13.0. The molecule has 4 heteroatoms. The summed E-state index contributed by atoms with van der Waals surface area (Å²) in [5.74, 6) is 0. The minimum Gasteiger partial charge on any atom is -0.390 e. The van der Waals surface area contributed by atoms with Crippen molar-refractivity contribution in [2.45, 2.75) is 33.3 Å². The first-order valence-corrected chi connectivity index (χ1v) is 6.43. The fourth-order valence-electron chi connectivity index (χ4n) is 1.52. The van der Waals surface area contributed by atoms with Gasteiger partial charge in [-0.05, 0) is 26.4 Å². The standard InChI is InChI=1S/C12H28N2O2/c1-4-7-13-10-12(15)11-14(5-2)8-9-16-6-3/h12-13,15H,4-11H2,1-3H3. The van der Waals surface area contributed by atoms with Crippen LogP contribution in [0.1, 0.15) is 27.2 Å². The molecule has 0 aromatic heterocycles. The zero-order valence-corrected chi connectivity index (χ0v) is 11.0. The molecule has 0 fully saturated rings. The molecule has 0 aliphatic rings. The molecule has 0 saturated carbocycles. The Hall–Kier alpha value is -0.160. The molecule has 0 bridgehead atoms. The van der Waals surface area contributed by atoms with Crippen LogP contribution in [-0.4, -0.2) is 62.0 Å². The summed E-state index contributed by atoms with van der Waals surface area (Å²) in [5.41, 5.74) is 0. The van der Waals surface area contributed by atoms with E-state index in [4.69, 9.17) is 4.74 Å². The number of aliphatic hydroxyl groups excluding tert-OH is 1. The molecule has 0 rings (SSSR count). The molecule has 2 N–H and O–H groups in total. The zero-order chi connectivity index (χ0) is 12.2. The molecular formula is C12H28N2O2. The van der Waals surface area contributed by atoms with E-state index in [9.17, 15) is 5.11 Å². The highest BCUT2D eigenvalue weighted by Gasteiger charge is 2.09. The predicted molar refractivity (Wildman–Crippen MR) is 67.8 cm³/mol. The predicted octanol–water partition coefficient (Wildman–Crippen LogP) is 0.705. The highest BCUT2D eigenvalue weighted by Crippen LogP contribution is 1.92. The van der Waals surface area contributed by atoms with Crippen molar-refractivity contribution in [3.8, 4) is 0 Å². The number of nitrogens with zero attached hydrogens (tertiary/aromatic N) is 1. The smallest absolute Gasteiger partial charge is 0.0791 e. The number of hydrogen-bond donors (Lipinski definition) is 2. The number of ether oxygens (including phenoxy) is 1. The van der Waals surface area contributed by atoms with Crippen LogP contribution in [0.3, 0.4) is 0 Å². The summed E-state index contributed by atoms with van der Waals surface area (Å²) < 4.78 is 5.31. The lowest BCUT2D eigenvalue weighted by molar-refractivity contribution is 0.0791. The van der Waals surface area contributed by atoms with E-state index in [0.717, 1.165) is 45.8 Å². The van der Waals surface area contributed by atoms with Crippen molar-refractivity contribution in [1.82, 2.24) is 10.2 Å². The Balaban J connectivity index is 3.57. The largest absolute Gasteiger partial charge is 0.390 e. The lowest BCUT2D eigenvalue weighted by Crippen LogP contribution is -2.39. The van der Waals surface area contributed by atoms with E-state index in [1.807, 2.05) is 6.92 Å². The van der Waals surface area contributed by atoms with E-state index in [1.54, 1.807) is 0 Å². The topological polar surface area (TPSA) is 44.7 Å². The molecule has 0 saturated heterocycles. The minimum absolute atomic E-state index is 0.284. The molecule has 4 nitrogen and oxygen atoms in total. The van der Waals surface area contributed by atoms with Crippen LogP contribution >= 0.6 is 0 Å². The maximum atomic E-state index is 9.79. The van der Waals surface area contributed by atoms with E-state index in [-0.39, 0.29) is 6.10 Å². The third kappa shape index (κ3) is 9.09. The summed E-state index contributed by atoms with van der Waals surface area (Å²) in [6.07, 6.45) is 0.822. The molecular weight excluding hydrogens is 204 g/mol. The Labute approximate surface area is 100.0 Å². The van der Waals surface area contributed by atoms with E-state index < -0.39 is 0 Å². The SMILES string of the molecule is CCCNCC(O)CN(CC)CCOCC. The molecule has 16 heavy (non-hydrogen) atoms. The average Bonchev–Trinajstić information content (AvgIpc) is 2.28. The summed E-state index contributed by atoms with van der Waals surface area (Å²) >= 11 is 0. The van der Waals surface area contributed by atoms with Gasteiger partial charge in [0.25, 0.3) is 0 Å². The van der Waals surface area contributed by atoms with Crippen LogP contribution in [0.2, 0.25) is 0 Å². The van der Waals surface area contributed by atoms with Crippen molar-refractivity contribution in [1.29, 1.82) is 0 Å². The molecule has 0 aliphatic heterocycles. The summed E-state index contributed by atoms with van der Waals surface area (Å²) in [6, 6.07) is 0. The van der Waals surface area contributed by atoms with Crippen LogP contribution in [0.15, 0.2) is 0 Å². The highest BCUT2D eigenvalue weighted by atomic mass is 16.5. The highest BCUT2D eigenvalue weighted by molar-refractivity contribution is 4.65. The Morgan fingerprint density at radius 1 is 1.31 bits per heavy atom. The molecule has 0 aliphatic carbocycles. The van der Waals surface area contributed by atoms with Crippen LogP contribution < -0.4 is 5.32 Å². The van der Waals surface area contributed by atoms with Gasteiger partial charge in [0, 0.05) is 26.2 Å². The Kier molecular flexibility index (Phi) is 11.2. The van der Waals surface area contributed by atoms with Crippen LogP contribution in [0.4, 0.5) is 0 Å². The van der Waals surface area contributed by atoms with Crippen molar-refractivity contribution in [2.24, 2.45) is 0 Å². The number of rotatable bonds is 11.